The first kappa shape index (κ1) is 13.3. The van der Waals surface area contributed by atoms with E-state index in [4.69, 9.17) is 9.47 Å². The van der Waals surface area contributed by atoms with Crippen LogP contribution in [0.5, 0.6) is 0 Å². The highest BCUT2D eigenvalue weighted by Gasteiger charge is 2.63. The molecule has 0 aromatic rings. The molecule has 1 saturated heterocycles. The van der Waals surface area contributed by atoms with Gasteiger partial charge in [-0.1, -0.05) is 0 Å². The molecule has 1 N–H and O–H groups in total. The van der Waals surface area contributed by atoms with E-state index in [-0.39, 0.29) is 0 Å². The van der Waals surface area contributed by atoms with Gasteiger partial charge >= 0.3 is 12.2 Å². The quantitative estimate of drug-likeness (QED) is 0.831. The number of hydrazine groups is 1. The summed E-state index contributed by atoms with van der Waals surface area (Å²) in [5, 5.41) is 1.51. The molecule has 2 aliphatic rings. The number of ether oxygens (including phenoxy) is 2. The van der Waals surface area contributed by atoms with Crippen molar-refractivity contribution in [3.05, 3.63) is 0 Å². The Balaban J connectivity index is 1.88. The van der Waals surface area contributed by atoms with Crippen molar-refractivity contribution in [2.45, 2.75) is 43.6 Å². The van der Waals surface area contributed by atoms with E-state index in [9.17, 15) is 9.59 Å². The van der Waals surface area contributed by atoms with Gasteiger partial charge in [-0.05, 0) is 27.0 Å². The Morgan fingerprint density at radius 3 is 2.78 bits per heavy atom. The van der Waals surface area contributed by atoms with Gasteiger partial charge in [-0.15, -0.1) is 0 Å². The van der Waals surface area contributed by atoms with Crippen molar-refractivity contribution in [3.8, 4) is 0 Å². The normalized spacial score (nSPS) is 30.3. The average molecular weight is 274 g/mol. The average Bonchev–Trinajstić information content (AvgIpc) is 2.77. The molecule has 2 amide bonds. The molecule has 1 spiro atoms. The van der Waals surface area contributed by atoms with Crippen LogP contribution < -0.4 is 5.43 Å². The fourth-order valence-electron chi connectivity index (χ4n) is 1.92. The number of amides is 2. The summed E-state index contributed by atoms with van der Waals surface area (Å²) < 4.78 is 10.4. The van der Waals surface area contributed by atoms with Gasteiger partial charge in [0.15, 0.2) is 0 Å². The predicted molar refractivity (Wildman–Crippen MR) is 67.2 cm³/mol. The summed E-state index contributed by atoms with van der Waals surface area (Å²) in [6.07, 6.45) is 1.67. The predicted octanol–water partition coefficient (Wildman–Crippen LogP) is 1.75. The van der Waals surface area contributed by atoms with Gasteiger partial charge in [0.2, 0.25) is 0 Å². The van der Waals surface area contributed by atoms with Crippen LogP contribution in [0.25, 0.3) is 0 Å². The summed E-state index contributed by atoms with van der Waals surface area (Å²) in [5.41, 5.74) is 1.41. The molecule has 0 bridgehead atoms. The van der Waals surface area contributed by atoms with Gasteiger partial charge in [-0.25, -0.2) is 20.0 Å². The molecule has 1 saturated carbocycles. The molecular formula is C11H18N2O4S. The number of nitrogens with zero attached hydrogens (tertiary/aromatic N) is 1. The topological polar surface area (TPSA) is 67.9 Å². The highest BCUT2D eigenvalue weighted by Crippen LogP contribution is 2.51. The number of rotatable bonds is 2. The Bertz CT molecular complexity index is 382. The summed E-state index contributed by atoms with van der Waals surface area (Å²) in [5.74, 6) is 0. The summed E-state index contributed by atoms with van der Waals surface area (Å²) in [4.78, 5) is 23.2. The maximum atomic E-state index is 11.6. The highest BCUT2D eigenvalue weighted by molar-refractivity contribution is 7.99. The van der Waals surface area contributed by atoms with E-state index in [1.165, 1.54) is 5.01 Å². The Labute approximate surface area is 110 Å². The van der Waals surface area contributed by atoms with Crippen LogP contribution in [0.15, 0.2) is 0 Å². The van der Waals surface area contributed by atoms with Crippen LogP contribution >= 0.6 is 11.8 Å². The fourth-order valence-corrected chi connectivity index (χ4v) is 2.92. The van der Waals surface area contributed by atoms with Gasteiger partial charge in [0.05, 0.1) is 11.8 Å². The molecule has 102 valence electrons. The minimum absolute atomic E-state index is 0.326. The first-order chi connectivity index (χ1) is 8.26. The lowest BCUT2D eigenvalue weighted by atomic mass is 10.2. The van der Waals surface area contributed by atoms with Crippen LogP contribution in [0.2, 0.25) is 0 Å². The third-order valence-corrected chi connectivity index (χ3v) is 3.97. The third-order valence-electron chi connectivity index (χ3n) is 2.80. The molecule has 6 nitrogen and oxygen atoms in total. The van der Waals surface area contributed by atoms with Crippen molar-refractivity contribution < 1.29 is 19.1 Å². The molecule has 0 aromatic carbocycles. The van der Waals surface area contributed by atoms with E-state index in [1.54, 1.807) is 32.5 Å². The number of carbonyl (C=O) groups excluding carboxylic acids is 2. The molecule has 2 atom stereocenters. The summed E-state index contributed by atoms with van der Waals surface area (Å²) in [6.45, 7) is 5.68. The van der Waals surface area contributed by atoms with Crippen LogP contribution in [0.1, 0.15) is 27.2 Å². The summed E-state index contributed by atoms with van der Waals surface area (Å²) >= 11 is 1.67. The fraction of sp³-hybridized carbons (Fsp3) is 0.818. The second-order valence-electron chi connectivity index (χ2n) is 5.56. The van der Waals surface area contributed by atoms with Gasteiger partial charge in [0.25, 0.3) is 0 Å². The van der Waals surface area contributed by atoms with Gasteiger partial charge in [-0.2, -0.15) is 11.8 Å². The number of carbonyl (C=O) groups is 2. The first-order valence-corrected chi connectivity index (χ1v) is 7.07. The number of thioether (sulfide) groups is 1. The van der Waals surface area contributed by atoms with E-state index < -0.39 is 23.4 Å². The monoisotopic (exact) mass is 274 g/mol. The van der Waals surface area contributed by atoms with Gasteiger partial charge in [-0.3, -0.25) is 0 Å². The molecule has 7 heteroatoms. The Morgan fingerprint density at radius 2 is 2.28 bits per heavy atom. The molecule has 1 aliphatic carbocycles. The van der Waals surface area contributed by atoms with Gasteiger partial charge < -0.3 is 9.47 Å². The Kier molecular flexibility index (Phi) is 3.12. The van der Waals surface area contributed by atoms with Gasteiger partial charge in [0, 0.05) is 6.42 Å². The molecule has 0 unspecified atom stereocenters. The van der Waals surface area contributed by atoms with E-state index in [2.05, 4.69) is 5.43 Å². The summed E-state index contributed by atoms with van der Waals surface area (Å²) in [6, 6.07) is 0. The number of hydrogen-bond donors (Lipinski definition) is 1. The molecule has 2 fully saturated rings. The van der Waals surface area contributed by atoms with Crippen molar-refractivity contribution in [3.63, 3.8) is 0 Å². The molecule has 18 heavy (non-hydrogen) atoms. The molecular weight excluding hydrogens is 256 g/mol. The van der Waals surface area contributed by atoms with Crippen LogP contribution in [0.4, 0.5) is 9.59 Å². The standard InChI is InChI=1S/C11H18N2O4S/c1-10(2,3)16-8(14)12-13-6-11(17-9(13)15)5-7(11)18-4/h7H,5-6H2,1-4H3,(H,12,14)/t7-,11-/m0/s1. The van der Waals surface area contributed by atoms with Crippen LogP contribution in [0, 0.1) is 0 Å². The van der Waals surface area contributed by atoms with Crippen molar-refractivity contribution in [1.82, 2.24) is 10.4 Å². The smallest absolute Gasteiger partial charge is 0.429 e. The lowest BCUT2D eigenvalue weighted by Gasteiger charge is -2.22. The van der Waals surface area contributed by atoms with Crippen LogP contribution in [-0.4, -0.2) is 46.4 Å². The van der Waals surface area contributed by atoms with Crippen molar-refractivity contribution in [2.24, 2.45) is 0 Å². The van der Waals surface area contributed by atoms with Crippen molar-refractivity contribution in [1.29, 1.82) is 0 Å². The minimum atomic E-state index is -0.641. The Morgan fingerprint density at radius 1 is 1.61 bits per heavy atom. The molecule has 1 heterocycles. The van der Waals surface area contributed by atoms with Crippen molar-refractivity contribution >= 4 is 23.9 Å². The maximum absolute atomic E-state index is 11.6. The Hall–Kier alpha value is -1.11. The molecule has 0 aromatic heterocycles. The van der Waals surface area contributed by atoms with Crippen molar-refractivity contribution in [2.75, 3.05) is 12.8 Å². The zero-order valence-electron chi connectivity index (χ0n) is 11.0. The van der Waals surface area contributed by atoms with E-state index in [0.717, 1.165) is 6.42 Å². The van der Waals surface area contributed by atoms with E-state index >= 15 is 0 Å². The van der Waals surface area contributed by atoms with E-state index in [1.807, 2.05) is 6.26 Å². The van der Waals surface area contributed by atoms with Crippen LogP contribution in [0.3, 0.4) is 0 Å². The largest absolute Gasteiger partial charge is 0.443 e. The second-order valence-corrected chi connectivity index (χ2v) is 6.60. The minimum Gasteiger partial charge on any atom is -0.443 e. The highest BCUT2D eigenvalue weighted by atomic mass is 32.2. The summed E-state index contributed by atoms with van der Waals surface area (Å²) in [7, 11) is 0. The second kappa shape index (κ2) is 4.22. The number of hydrogen-bond acceptors (Lipinski definition) is 5. The molecule has 1 aliphatic heterocycles. The maximum Gasteiger partial charge on any atom is 0.429 e. The molecule has 2 rings (SSSR count). The first-order valence-electron chi connectivity index (χ1n) is 5.79. The molecule has 0 radical (unpaired) electrons. The van der Waals surface area contributed by atoms with E-state index in [0.29, 0.717) is 11.8 Å². The van der Waals surface area contributed by atoms with Gasteiger partial charge in [0.1, 0.15) is 11.2 Å². The number of nitrogens with one attached hydrogen (secondary N) is 1. The SMILES string of the molecule is CS[C@H]1C[C@]12CN(NC(=O)OC(C)(C)C)C(=O)O2. The zero-order chi connectivity index (χ0) is 13.6. The van der Waals surface area contributed by atoms with Crippen LogP contribution in [-0.2, 0) is 9.47 Å². The third kappa shape index (κ3) is 2.66. The lowest BCUT2D eigenvalue weighted by molar-refractivity contribution is 0.0389. The zero-order valence-corrected chi connectivity index (χ0v) is 11.8. The lowest BCUT2D eigenvalue weighted by Crippen LogP contribution is -2.45.